The van der Waals surface area contributed by atoms with Gasteiger partial charge in [-0.15, -0.1) is 11.3 Å². The molecule has 2 aromatic carbocycles. The molecular weight excluding hydrogens is 542 g/mol. The molecule has 5 aromatic rings. The molecular formula is C30H27N5O5S. The number of aliphatic imine (C=N–C) groups is 2. The zero-order valence-electron chi connectivity index (χ0n) is 22.1. The Bertz CT molecular complexity index is 1870. The number of nitrogens with zero attached hydrogens (tertiary/aromatic N) is 2. The first-order chi connectivity index (χ1) is 19.9. The number of nitrogens with one attached hydrogen (secondary N) is 3. The summed E-state index contributed by atoms with van der Waals surface area (Å²) in [4.78, 5) is 26.2. The van der Waals surface area contributed by atoms with Crippen molar-refractivity contribution < 1.29 is 24.2 Å². The fraction of sp³-hybridized carbons (Fsp3) is 0.233. The SMILES string of the molecule is CC(=O)Oc1c(-c2ccc(-c3cc4ccc(C5=NCC(O)CN5)cc4o3)s2)[nH]c2cc(C3=NCC(O)CN3)ccc12. The molecule has 0 aliphatic carbocycles. The first-order valence-electron chi connectivity index (χ1n) is 13.3. The van der Waals surface area contributed by atoms with Gasteiger partial charge in [0.1, 0.15) is 28.7 Å². The van der Waals surface area contributed by atoms with Crippen molar-refractivity contribution in [2.45, 2.75) is 19.1 Å². The molecule has 0 saturated carbocycles. The number of aromatic amines is 1. The number of esters is 1. The van der Waals surface area contributed by atoms with Gasteiger partial charge in [-0.1, -0.05) is 18.2 Å². The van der Waals surface area contributed by atoms with Gasteiger partial charge >= 0.3 is 5.97 Å². The van der Waals surface area contributed by atoms with Crippen molar-refractivity contribution in [3.63, 3.8) is 0 Å². The number of rotatable bonds is 5. The first-order valence-corrected chi connectivity index (χ1v) is 14.1. The second-order valence-corrected chi connectivity index (χ2v) is 11.2. The molecule has 10 nitrogen and oxygen atoms in total. The third-order valence-corrected chi connectivity index (χ3v) is 8.21. The van der Waals surface area contributed by atoms with Crippen molar-refractivity contribution in [1.29, 1.82) is 0 Å². The Morgan fingerprint density at radius 2 is 1.61 bits per heavy atom. The minimum atomic E-state index is -0.490. The molecule has 0 saturated heterocycles. The van der Waals surface area contributed by atoms with Crippen LogP contribution in [-0.4, -0.2) is 71.2 Å². The van der Waals surface area contributed by atoms with Crippen LogP contribution in [0.25, 0.3) is 43.1 Å². The van der Waals surface area contributed by atoms with Crippen LogP contribution in [0.15, 0.2) is 69.0 Å². The van der Waals surface area contributed by atoms with E-state index in [1.807, 2.05) is 54.6 Å². The lowest BCUT2D eigenvalue weighted by Crippen LogP contribution is -2.39. The van der Waals surface area contributed by atoms with Gasteiger partial charge in [-0.3, -0.25) is 14.8 Å². The second-order valence-electron chi connectivity index (χ2n) is 10.2. The minimum absolute atomic E-state index is 0.353. The van der Waals surface area contributed by atoms with Crippen LogP contribution in [0, 0.1) is 0 Å². The fourth-order valence-corrected chi connectivity index (χ4v) is 6.05. The van der Waals surface area contributed by atoms with Crippen molar-refractivity contribution in [2.75, 3.05) is 26.2 Å². The fourth-order valence-electron chi connectivity index (χ4n) is 5.10. The molecule has 2 atom stereocenters. The van der Waals surface area contributed by atoms with Gasteiger partial charge < -0.3 is 35.0 Å². The number of ether oxygens (including phenoxy) is 1. The van der Waals surface area contributed by atoms with Gasteiger partial charge in [0.2, 0.25) is 0 Å². The highest BCUT2D eigenvalue weighted by molar-refractivity contribution is 7.18. The molecule has 5 N–H and O–H groups in total. The lowest BCUT2D eigenvalue weighted by Gasteiger charge is -2.19. The molecule has 0 fully saturated rings. The number of aliphatic hydroxyl groups excluding tert-OH is 2. The number of carbonyl (C=O) groups excluding carboxylic acids is 1. The van der Waals surface area contributed by atoms with Crippen molar-refractivity contribution in [2.24, 2.45) is 9.98 Å². The van der Waals surface area contributed by atoms with E-state index in [9.17, 15) is 15.0 Å². The number of aliphatic hydroxyl groups is 2. The Labute approximate surface area is 238 Å². The van der Waals surface area contributed by atoms with E-state index in [2.05, 4.69) is 25.6 Å². The molecule has 208 valence electrons. The van der Waals surface area contributed by atoms with Gasteiger partial charge in [-0.25, -0.2) is 0 Å². The van der Waals surface area contributed by atoms with E-state index >= 15 is 0 Å². The number of fused-ring (bicyclic) bond motifs is 2. The maximum atomic E-state index is 12.0. The summed E-state index contributed by atoms with van der Waals surface area (Å²) in [6.45, 7) is 3.04. The highest BCUT2D eigenvalue weighted by atomic mass is 32.1. The number of β-amino-alcohol motifs (C(OH)–C–C–N with tert-alkyl or cyclic N) is 2. The topological polar surface area (TPSA) is 144 Å². The van der Waals surface area contributed by atoms with Crippen molar-refractivity contribution >= 4 is 50.8 Å². The average Bonchev–Trinajstić information content (AvgIpc) is 3.70. The standard InChI is InChI=1S/C30H27N5O5S/c1-15(36)39-28-21-5-4-17(29-31-11-19(37)12-32-29)8-22(21)35-27(28)26-7-6-25(41-26)24-9-16-2-3-18(10-23(16)40-24)30-33-13-20(38)14-34-30/h2-10,19-20,35,37-38H,11-14H2,1H3,(H,31,32)(H,33,34). The van der Waals surface area contributed by atoms with E-state index in [1.165, 1.54) is 18.3 Å². The number of hydrogen-bond donors (Lipinski definition) is 5. The monoisotopic (exact) mass is 569 g/mol. The quantitative estimate of drug-likeness (QED) is 0.203. The summed E-state index contributed by atoms with van der Waals surface area (Å²) in [5, 5.41) is 27.5. The number of aromatic nitrogens is 1. The van der Waals surface area contributed by atoms with Crippen LogP contribution < -0.4 is 15.4 Å². The Morgan fingerprint density at radius 3 is 2.29 bits per heavy atom. The van der Waals surface area contributed by atoms with Crippen molar-refractivity contribution in [3.8, 4) is 27.0 Å². The van der Waals surface area contributed by atoms with E-state index < -0.39 is 18.2 Å². The van der Waals surface area contributed by atoms with E-state index in [4.69, 9.17) is 9.15 Å². The molecule has 0 bridgehead atoms. The number of amidine groups is 2. The zero-order valence-corrected chi connectivity index (χ0v) is 22.9. The third-order valence-electron chi connectivity index (χ3n) is 7.09. The van der Waals surface area contributed by atoms with Crippen molar-refractivity contribution in [1.82, 2.24) is 15.6 Å². The Hall–Kier alpha value is -4.45. The molecule has 2 aliphatic heterocycles. The van der Waals surface area contributed by atoms with Gasteiger partial charge in [-0.2, -0.15) is 0 Å². The maximum absolute atomic E-state index is 12.0. The molecule has 0 amide bonds. The molecule has 41 heavy (non-hydrogen) atoms. The number of benzene rings is 2. The predicted octanol–water partition coefficient (Wildman–Crippen LogP) is 3.66. The number of hydrogen-bond acceptors (Lipinski definition) is 10. The van der Waals surface area contributed by atoms with Gasteiger partial charge in [0.15, 0.2) is 5.75 Å². The molecule has 3 aromatic heterocycles. The second kappa shape index (κ2) is 10.2. The Kier molecular flexibility index (Phi) is 6.34. The number of H-pyrrole nitrogens is 1. The first kappa shape index (κ1) is 25.5. The summed E-state index contributed by atoms with van der Waals surface area (Å²) < 4.78 is 11.9. The molecule has 7 rings (SSSR count). The largest absolute Gasteiger partial charge is 0.455 e. The summed E-state index contributed by atoms with van der Waals surface area (Å²) >= 11 is 1.53. The molecule has 5 heterocycles. The summed E-state index contributed by atoms with van der Waals surface area (Å²) in [5.74, 6) is 2.27. The van der Waals surface area contributed by atoms with E-state index in [-0.39, 0.29) is 0 Å². The molecule has 0 spiro atoms. The molecule has 2 unspecified atom stereocenters. The normalized spacial score (nSPS) is 19.0. The van der Waals surface area contributed by atoms with Crippen LogP contribution in [0.1, 0.15) is 18.1 Å². The van der Waals surface area contributed by atoms with Crippen LogP contribution in [0.2, 0.25) is 0 Å². The number of furan rings is 1. The van der Waals surface area contributed by atoms with Crippen LogP contribution in [0.5, 0.6) is 5.75 Å². The molecule has 2 aliphatic rings. The van der Waals surface area contributed by atoms with E-state index in [1.54, 1.807) is 0 Å². The molecule has 0 radical (unpaired) electrons. The van der Waals surface area contributed by atoms with Gasteiger partial charge in [0, 0.05) is 41.9 Å². The maximum Gasteiger partial charge on any atom is 0.308 e. The summed E-state index contributed by atoms with van der Waals surface area (Å²) in [6, 6.07) is 17.7. The van der Waals surface area contributed by atoms with Crippen LogP contribution in [-0.2, 0) is 4.79 Å². The van der Waals surface area contributed by atoms with Gasteiger partial charge in [0.25, 0.3) is 0 Å². The average molecular weight is 570 g/mol. The molecule has 11 heteroatoms. The highest BCUT2D eigenvalue weighted by Crippen LogP contribution is 2.43. The van der Waals surface area contributed by atoms with Gasteiger partial charge in [0.05, 0.1) is 40.6 Å². The summed E-state index contributed by atoms with van der Waals surface area (Å²) in [5.41, 5.74) is 4.05. The lowest BCUT2D eigenvalue weighted by atomic mass is 10.1. The van der Waals surface area contributed by atoms with E-state index in [0.29, 0.717) is 37.6 Å². The zero-order chi connectivity index (χ0) is 28.1. The predicted molar refractivity (Wildman–Crippen MR) is 159 cm³/mol. The van der Waals surface area contributed by atoms with E-state index in [0.717, 1.165) is 60.2 Å². The Balaban J connectivity index is 1.23. The third kappa shape index (κ3) is 4.88. The number of thiophene rings is 1. The van der Waals surface area contributed by atoms with Crippen LogP contribution in [0.3, 0.4) is 0 Å². The smallest absolute Gasteiger partial charge is 0.308 e. The van der Waals surface area contributed by atoms with Crippen LogP contribution in [0.4, 0.5) is 0 Å². The van der Waals surface area contributed by atoms with Crippen LogP contribution >= 0.6 is 11.3 Å². The lowest BCUT2D eigenvalue weighted by molar-refractivity contribution is -0.131. The van der Waals surface area contributed by atoms with Crippen molar-refractivity contribution in [3.05, 3.63) is 65.7 Å². The highest BCUT2D eigenvalue weighted by Gasteiger charge is 2.21. The summed E-state index contributed by atoms with van der Waals surface area (Å²) in [7, 11) is 0. The Morgan fingerprint density at radius 1 is 0.927 bits per heavy atom. The number of carbonyl (C=O) groups is 1. The minimum Gasteiger partial charge on any atom is -0.455 e. The van der Waals surface area contributed by atoms with Gasteiger partial charge in [-0.05, 0) is 36.4 Å². The summed E-state index contributed by atoms with van der Waals surface area (Å²) in [6.07, 6.45) is -0.958.